The summed E-state index contributed by atoms with van der Waals surface area (Å²) in [7, 11) is 0. The van der Waals surface area contributed by atoms with Gasteiger partial charge in [0.05, 0.1) is 17.9 Å². The maximum atomic E-state index is 13.7. The van der Waals surface area contributed by atoms with E-state index in [9.17, 15) is 14.4 Å². The van der Waals surface area contributed by atoms with Crippen molar-refractivity contribution in [2.45, 2.75) is 24.4 Å². The van der Waals surface area contributed by atoms with Crippen LogP contribution in [0.25, 0.3) is 0 Å². The number of hydrogen-bond acceptors (Lipinski definition) is 3. The molecule has 0 saturated carbocycles. The van der Waals surface area contributed by atoms with Crippen LogP contribution in [0.15, 0.2) is 48.5 Å². The number of hydrogen-bond donors (Lipinski definition) is 2. The van der Waals surface area contributed by atoms with E-state index in [-0.39, 0.29) is 23.8 Å². The van der Waals surface area contributed by atoms with E-state index >= 15 is 0 Å². The van der Waals surface area contributed by atoms with Crippen LogP contribution in [0, 0.1) is 11.8 Å². The molecule has 146 valence electrons. The van der Waals surface area contributed by atoms with Crippen molar-refractivity contribution in [3.05, 3.63) is 59.1 Å². The van der Waals surface area contributed by atoms with Gasteiger partial charge in [-0.15, -0.1) is 0 Å². The number of fused-ring (bicyclic) bond motifs is 7. The minimum atomic E-state index is -1.04. The molecule has 3 fully saturated rings. The molecule has 1 spiro atoms. The lowest BCUT2D eigenvalue weighted by molar-refractivity contribution is -0.948. The molecule has 1 unspecified atom stereocenters. The van der Waals surface area contributed by atoms with E-state index in [2.05, 4.69) is 5.32 Å². The number of halogens is 1. The first-order valence-corrected chi connectivity index (χ1v) is 10.3. The maximum absolute atomic E-state index is 13.7. The van der Waals surface area contributed by atoms with Crippen molar-refractivity contribution in [3.8, 4) is 0 Å². The van der Waals surface area contributed by atoms with E-state index in [0.29, 0.717) is 10.7 Å². The first-order valence-electron chi connectivity index (χ1n) is 9.95. The summed E-state index contributed by atoms with van der Waals surface area (Å²) in [6.07, 6.45) is 1.79. The zero-order chi connectivity index (χ0) is 19.9. The molecule has 2 aromatic rings. The van der Waals surface area contributed by atoms with Crippen LogP contribution >= 0.6 is 11.6 Å². The van der Waals surface area contributed by atoms with Crippen molar-refractivity contribution < 1.29 is 19.3 Å². The molecule has 29 heavy (non-hydrogen) atoms. The van der Waals surface area contributed by atoms with Crippen molar-refractivity contribution >= 4 is 40.7 Å². The lowest BCUT2D eigenvalue weighted by atomic mass is 9.75. The van der Waals surface area contributed by atoms with Gasteiger partial charge in [0.2, 0.25) is 17.4 Å². The van der Waals surface area contributed by atoms with E-state index < -0.39 is 17.4 Å². The Labute approximate surface area is 172 Å². The van der Waals surface area contributed by atoms with Crippen LogP contribution in [-0.4, -0.2) is 30.3 Å². The number of carbonyl (C=O) groups excluding carboxylic acids is 3. The molecule has 3 saturated heterocycles. The Morgan fingerprint density at radius 2 is 1.90 bits per heavy atom. The zero-order valence-corrected chi connectivity index (χ0v) is 16.3. The van der Waals surface area contributed by atoms with Crippen LogP contribution in [-0.2, 0) is 19.9 Å². The second-order valence-electron chi connectivity index (χ2n) is 8.33. The van der Waals surface area contributed by atoms with Crippen molar-refractivity contribution in [1.29, 1.82) is 0 Å². The highest BCUT2D eigenvalue weighted by atomic mass is 35.5. The summed E-state index contributed by atoms with van der Waals surface area (Å²) in [5.41, 5.74) is 1.03. The number of nitrogens with one attached hydrogen (secondary N) is 2. The highest BCUT2D eigenvalue weighted by Gasteiger charge is 2.78. The van der Waals surface area contributed by atoms with Crippen LogP contribution in [0.4, 0.5) is 11.4 Å². The van der Waals surface area contributed by atoms with E-state index in [1.165, 1.54) is 4.90 Å². The summed E-state index contributed by atoms with van der Waals surface area (Å²) in [5, 5.41) is 3.46. The van der Waals surface area contributed by atoms with Gasteiger partial charge in [-0.2, -0.15) is 0 Å². The van der Waals surface area contributed by atoms with Gasteiger partial charge in [0, 0.05) is 23.4 Å². The second kappa shape index (κ2) is 5.68. The van der Waals surface area contributed by atoms with Crippen LogP contribution in [0.3, 0.4) is 0 Å². The zero-order valence-electron chi connectivity index (χ0n) is 15.5. The molecule has 4 aliphatic heterocycles. The number of imide groups is 1. The Kier molecular flexibility index (Phi) is 3.36. The SMILES string of the molecule is O=C1[C@H]2[C@@H](C(=O)N1c1cccc(Cl)c1)[C@@]1(C(=O)Nc3ccccc31)[NH+]1CCC[C@@H]21. The second-order valence-corrected chi connectivity index (χ2v) is 8.76. The summed E-state index contributed by atoms with van der Waals surface area (Å²) < 4.78 is 0. The van der Waals surface area contributed by atoms with Crippen molar-refractivity contribution in [2.75, 3.05) is 16.8 Å². The molecule has 2 aromatic carbocycles. The number of quaternary nitrogens is 1. The number of carbonyl (C=O) groups is 3. The third kappa shape index (κ3) is 1.93. The first-order chi connectivity index (χ1) is 14.0. The van der Waals surface area contributed by atoms with E-state index in [4.69, 9.17) is 11.6 Å². The fourth-order valence-electron chi connectivity index (χ4n) is 6.29. The normalized spacial score (nSPS) is 34.5. The summed E-state index contributed by atoms with van der Waals surface area (Å²) >= 11 is 6.12. The average molecular weight is 409 g/mol. The van der Waals surface area contributed by atoms with Crippen molar-refractivity contribution in [1.82, 2.24) is 0 Å². The molecule has 6 nitrogen and oxygen atoms in total. The standard InChI is InChI=1S/C22H18ClN3O3/c23-12-5-3-6-13(11-12)26-19(27)17-16-9-4-10-25(16)22(18(17)20(26)28)14-7-1-2-8-15(14)24-21(22)29/h1-3,5-8,11,16-18H,4,9-10H2,(H,24,29)/p+1/t16-,17+,18-,22-/m0/s1. The predicted octanol–water partition coefficient (Wildman–Crippen LogP) is 1.35. The first kappa shape index (κ1) is 17.2. The third-order valence-electron chi connectivity index (χ3n) is 7.19. The molecule has 3 amide bonds. The van der Waals surface area contributed by atoms with Crippen LogP contribution in [0.5, 0.6) is 0 Å². The topological polar surface area (TPSA) is 70.9 Å². The molecular weight excluding hydrogens is 390 g/mol. The quantitative estimate of drug-likeness (QED) is 0.700. The highest BCUT2D eigenvalue weighted by molar-refractivity contribution is 6.31. The molecule has 0 radical (unpaired) electrons. The van der Waals surface area contributed by atoms with E-state index in [1.807, 2.05) is 24.3 Å². The van der Waals surface area contributed by atoms with Gasteiger partial charge in [-0.25, -0.2) is 4.90 Å². The van der Waals surface area contributed by atoms with Crippen molar-refractivity contribution in [2.24, 2.45) is 11.8 Å². The van der Waals surface area contributed by atoms with Crippen molar-refractivity contribution in [3.63, 3.8) is 0 Å². The monoisotopic (exact) mass is 408 g/mol. The fraction of sp³-hybridized carbons (Fsp3) is 0.318. The Balaban J connectivity index is 1.56. The molecule has 0 aromatic heterocycles. The molecule has 6 rings (SSSR count). The van der Waals surface area contributed by atoms with Gasteiger partial charge >= 0.3 is 0 Å². The Morgan fingerprint density at radius 1 is 1.07 bits per heavy atom. The number of amides is 3. The largest absolute Gasteiger partial charge is 0.320 e. The smallest absolute Gasteiger partial charge is 0.291 e. The van der Waals surface area contributed by atoms with Gasteiger partial charge in [0.1, 0.15) is 17.9 Å². The van der Waals surface area contributed by atoms with E-state index in [0.717, 1.165) is 35.5 Å². The highest BCUT2D eigenvalue weighted by Crippen LogP contribution is 2.52. The Morgan fingerprint density at radius 3 is 2.72 bits per heavy atom. The molecule has 4 aliphatic rings. The third-order valence-corrected chi connectivity index (χ3v) is 7.43. The molecule has 0 aliphatic carbocycles. The summed E-state index contributed by atoms with van der Waals surface area (Å²) in [6, 6.07) is 14.3. The lowest BCUT2D eigenvalue weighted by Gasteiger charge is -2.33. The predicted molar refractivity (Wildman–Crippen MR) is 107 cm³/mol. The van der Waals surface area contributed by atoms with Gasteiger partial charge < -0.3 is 10.2 Å². The van der Waals surface area contributed by atoms with Gasteiger partial charge in [0.25, 0.3) is 5.91 Å². The van der Waals surface area contributed by atoms with Crippen LogP contribution in [0.2, 0.25) is 5.02 Å². The number of rotatable bonds is 1. The van der Waals surface area contributed by atoms with Gasteiger partial charge in [-0.05, 0) is 24.3 Å². The Hall–Kier alpha value is -2.70. The number of benzene rings is 2. The molecular formula is C22H19ClN3O3+. The van der Waals surface area contributed by atoms with Crippen LogP contribution < -0.4 is 15.1 Å². The summed E-state index contributed by atoms with van der Waals surface area (Å²) in [4.78, 5) is 43.0. The van der Waals surface area contributed by atoms with Crippen LogP contribution in [0.1, 0.15) is 18.4 Å². The molecule has 2 N–H and O–H groups in total. The van der Waals surface area contributed by atoms with Gasteiger partial charge in [-0.3, -0.25) is 14.4 Å². The number of para-hydroxylation sites is 1. The lowest BCUT2D eigenvalue weighted by Crippen LogP contribution is -3.19. The molecule has 5 atom stereocenters. The molecule has 4 heterocycles. The summed E-state index contributed by atoms with van der Waals surface area (Å²) in [5.74, 6) is -1.85. The van der Waals surface area contributed by atoms with E-state index in [1.54, 1.807) is 24.3 Å². The maximum Gasteiger partial charge on any atom is 0.291 e. The minimum absolute atomic E-state index is 0.0301. The number of anilines is 2. The Bertz CT molecular complexity index is 1100. The van der Waals surface area contributed by atoms with Gasteiger partial charge in [0.15, 0.2) is 0 Å². The summed E-state index contributed by atoms with van der Waals surface area (Å²) in [6.45, 7) is 0.789. The molecule has 7 heteroatoms. The minimum Gasteiger partial charge on any atom is -0.320 e. The average Bonchev–Trinajstić information content (AvgIpc) is 3.40. The van der Waals surface area contributed by atoms with Gasteiger partial charge in [-0.1, -0.05) is 35.9 Å². The fourth-order valence-corrected chi connectivity index (χ4v) is 6.47. The molecule has 0 bridgehead atoms. The number of nitrogens with zero attached hydrogens (tertiary/aromatic N) is 1.